The summed E-state index contributed by atoms with van der Waals surface area (Å²) in [6.07, 6.45) is -0.633. The molecule has 1 aromatic heterocycles. The van der Waals surface area contributed by atoms with Crippen LogP contribution in [0.4, 0.5) is 0 Å². The topological polar surface area (TPSA) is 84.8 Å². The van der Waals surface area contributed by atoms with Crippen molar-refractivity contribution in [2.45, 2.75) is 18.6 Å². The number of carbonyl (C=O) groups is 1. The van der Waals surface area contributed by atoms with Gasteiger partial charge in [-0.25, -0.2) is 0 Å². The number of carbonyl (C=O) groups excluding carboxylic acids is 1. The van der Waals surface area contributed by atoms with Crippen LogP contribution < -0.4 is 9.47 Å². The Bertz CT molecular complexity index is 678. The highest BCUT2D eigenvalue weighted by molar-refractivity contribution is 5.82. The van der Waals surface area contributed by atoms with Crippen LogP contribution in [0.1, 0.15) is 18.1 Å². The second kappa shape index (κ2) is 7.27. The Balaban J connectivity index is 1.57. The lowest BCUT2D eigenvalue weighted by Gasteiger charge is -2.20. The van der Waals surface area contributed by atoms with Crippen LogP contribution in [0.3, 0.4) is 0 Å². The summed E-state index contributed by atoms with van der Waals surface area (Å²) in [4.78, 5) is 14.0. The number of rotatable bonds is 5. The summed E-state index contributed by atoms with van der Waals surface area (Å²) in [5.74, 6) is 0.489. The summed E-state index contributed by atoms with van der Waals surface area (Å²) in [5.41, 5.74) is 0.591. The van der Waals surface area contributed by atoms with E-state index in [-0.39, 0.29) is 12.0 Å². The first-order valence-corrected chi connectivity index (χ1v) is 7.73. The standard InChI is InChI=1S/C17H19N3O4/c1-23-14-7-8-15(19-18-14)24-13-9-10-20(11-13)17(22)16(21)12-5-3-2-4-6-12/h2-8,13,16,21H,9-11H2,1H3/t13-,16+/m0/s1. The fraction of sp³-hybridized carbons (Fsp3) is 0.353. The lowest BCUT2D eigenvalue weighted by atomic mass is 10.1. The van der Waals surface area contributed by atoms with Crippen LogP contribution >= 0.6 is 0 Å². The van der Waals surface area contributed by atoms with Crippen molar-refractivity contribution in [1.82, 2.24) is 15.1 Å². The third-order valence-corrected chi connectivity index (χ3v) is 3.92. The number of benzene rings is 1. The third-order valence-electron chi connectivity index (χ3n) is 3.92. The first-order valence-electron chi connectivity index (χ1n) is 7.73. The maximum Gasteiger partial charge on any atom is 0.256 e. The fourth-order valence-corrected chi connectivity index (χ4v) is 2.63. The van der Waals surface area contributed by atoms with E-state index in [1.807, 2.05) is 6.07 Å². The van der Waals surface area contributed by atoms with E-state index in [9.17, 15) is 9.90 Å². The van der Waals surface area contributed by atoms with Crippen molar-refractivity contribution >= 4 is 5.91 Å². The van der Waals surface area contributed by atoms with Crippen molar-refractivity contribution in [3.05, 3.63) is 48.0 Å². The van der Waals surface area contributed by atoms with E-state index in [1.165, 1.54) is 7.11 Å². The molecule has 2 aromatic rings. The molecule has 7 nitrogen and oxygen atoms in total. The second-order valence-electron chi connectivity index (χ2n) is 5.54. The number of aromatic nitrogens is 2. The van der Waals surface area contributed by atoms with Crippen LogP contribution in [-0.4, -0.2) is 52.4 Å². The minimum absolute atomic E-state index is 0.167. The molecule has 1 aromatic carbocycles. The summed E-state index contributed by atoms with van der Waals surface area (Å²) in [7, 11) is 1.52. The van der Waals surface area contributed by atoms with Crippen LogP contribution in [0.25, 0.3) is 0 Å². The van der Waals surface area contributed by atoms with Gasteiger partial charge in [0.2, 0.25) is 11.8 Å². The number of amides is 1. The van der Waals surface area contributed by atoms with Crippen molar-refractivity contribution in [2.24, 2.45) is 0 Å². The number of ether oxygens (including phenoxy) is 2. The lowest BCUT2D eigenvalue weighted by molar-refractivity contribution is -0.139. The SMILES string of the molecule is COc1ccc(O[C@H]2CCN(C(=O)[C@H](O)c3ccccc3)C2)nn1. The van der Waals surface area contributed by atoms with E-state index >= 15 is 0 Å². The summed E-state index contributed by atoms with van der Waals surface area (Å²) in [6.45, 7) is 0.952. The van der Waals surface area contributed by atoms with Crippen molar-refractivity contribution in [2.75, 3.05) is 20.2 Å². The molecule has 2 heterocycles. The largest absolute Gasteiger partial charge is 0.480 e. The molecule has 1 amide bonds. The number of hydrogen-bond acceptors (Lipinski definition) is 6. The number of hydrogen-bond donors (Lipinski definition) is 1. The van der Waals surface area contributed by atoms with E-state index in [0.29, 0.717) is 36.8 Å². The molecular weight excluding hydrogens is 310 g/mol. The molecule has 0 saturated carbocycles. The molecule has 0 aliphatic carbocycles. The Labute approximate surface area is 139 Å². The van der Waals surface area contributed by atoms with Gasteiger partial charge in [-0.1, -0.05) is 30.3 Å². The quantitative estimate of drug-likeness (QED) is 0.887. The van der Waals surface area contributed by atoms with E-state index in [2.05, 4.69) is 10.2 Å². The van der Waals surface area contributed by atoms with Gasteiger partial charge in [-0.3, -0.25) is 4.79 Å². The Morgan fingerprint density at radius 3 is 2.58 bits per heavy atom. The molecule has 3 rings (SSSR count). The molecule has 126 valence electrons. The zero-order valence-corrected chi connectivity index (χ0v) is 13.3. The highest BCUT2D eigenvalue weighted by Gasteiger charge is 2.31. The molecule has 0 bridgehead atoms. The Morgan fingerprint density at radius 1 is 1.21 bits per heavy atom. The lowest BCUT2D eigenvalue weighted by Crippen LogP contribution is -2.34. The zero-order valence-electron chi connectivity index (χ0n) is 13.3. The molecule has 2 atom stereocenters. The van der Waals surface area contributed by atoms with E-state index in [4.69, 9.17) is 9.47 Å². The predicted octanol–water partition coefficient (Wildman–Crippen LogP) is 1.20. The average molecular weight is 329 g/mol. The monoisotopic (exact) mass is 329 g/mol. The Hall–Kier alpha value is -2.67. The van der Waals surface area contributed by atoms with Crippen LogP contribution in [0, 0.1) is 0 Å². The van der Waals surface area contributed by atoms with Gasteiger partial charge in [0, 0.05) is 25.1 Å². The van der Waals surface area contributed by atoms with Crippen molar-refractivity contribution in [3.8, 4) is 11.8 Å². The summed E-state index contributed by atoms with van der Waals surface area (Å²) in [5, 5.41) is 18.0. The molecule has 1 aliphatic rings. The van der Waals surface area contributed by atoms with E-state index < -0.39 is 6.10 Å². The van der Waals surface area contributed by atoms with Gasteiger partial charge in [0.25, 0.3) is 5.91 Å². The molecule has 0 spiro atoms. The van der Waals surface area contributed by atoms with Gasteiger partial charge >= 0.3 is 0 Å². The van der Waals surface area contributed by atoms with Crippen molar-refractivity contribution < 1.29 is 19.4 Å². The highest BCUT2D eigenvalue weighted by Crippen LogP contribution is 2.21. The maximum atomic E-state index is 12.4. The predicted molar refractivity (Wildman–Crippen MR) is 85.6 cm³/mol. The van der Waals surface area contributed by atoms with Crippen LogP contribution in [0.5, 0.6) is 11.8 Å². The zero-order chi connectivity index (χ0) is 16.9. The molecule has 7 heteroatoms. The van der Waals surface area contributed by atoms with Gasteiger partial charge in [0.15, 0.2) is 6.10 Å². The Morgan fingerprint density at radius 2 is 1.92 bits per heavy atom. The maximum absolute atomic E-state index is 12.4. The fourth-order valence-electron chi connectivity index (χ4n) is 2.63. The van der Waals surface area contributed by atoms with Gasteiger partial charge in [-0.05, 0) is 5.56 Å². The number of methoxy groups -OCH3 is 1. The number of aliphatic hydroxyl groups is 1. The minimum Gasteiger partial charge on any atom is -0.480 e. The van der Waals surface area contributed by atoms with Crippen molar-refractivity contribution in [1.29, 1.82) is 0 Å². The normalized spacial score (nSPS) is 18.2. The van der Waals surface area contributed by atoms with Crippen LogP contribution in [0.15, 0.2) is 42.5 Å². The molecule has 0 unspecified atom stereocenters. The highest BCUT2D eigenvalue weighted by atomic mass is 16.5. The molecule has 1 N–H and O–H groups in total. The first-order chi connectivity index (χ1) is 11.7. The van der Waals surface area contributed by atoms with Gasteiger partial charge in [-0.2, -0.15) is 0 Å². The molecule has 1 saturated heterocycles. The molecule has 1 aliphatic heterocycles. The molecule has 24 heavy (non-hydrogen) atoms. The molecular formula is C17H19N3O4. The molecule has 1 fully saturated rings. The average Bonchev–Trinajstić information content (AvgIpc) is 3.10. The second-order valence-corrected chi connectivity index (χ2v) is 5.54. The summed E-state index contributed by atoms with van der Waals surface area (Å²) >= 11 is 0. The van der Waals surface area contributed by atoms with Crippen LogP contribution in [-0.2, 0) is 4.79 Å². The van der Waals surface area contributed by atoms with Gasteiger partial charge in [0.05, 0.1) is 13.7 Å². The smallest absolute Gasteiger partial charge is 0.256 e. The number of aliphatic hydroxyl groups excluding tert-OH is 1. The molecule has 0 radical (unpaired) electrons. The van der Waals surface area contributed by atoms with E-state index in [0.717, 1.165) is 0 Å². The van der Waals surface area contributed by atoms with Crippen molar-refractivity contribution in [3.63, 3.8) is 0 Å². The van der Waals surface area contributed by atoms with Gasteiger partial charge in [0.1, 0.15) is 6.10 Å². The summed E-state index contributed by atoms with van der Waals surface area (Å²) in [6, 6.07) is 12.2. The van der Waals surface area contributed by atoms with Gasteiger partial charge in [-0.15, -0.1) is 10.2 Å². The first kappa shape index (κ1) is 16.2. The van der Waals surface area contributed by atoms with Crippen LogP contribution in [0.2, 0.25) is 0 Å². The number of nitrogens with zero attached hydrogens (tertiary/aromatic N) is 3. The minimum atomic E-state index is -1.15. The summed E-state index contributed by atoms with van der Waals surface area (Å²) < 4.78 is 10.7. The van der Waals surface area contributed by atoms with E-state index in [1.54, 1.807) is 41.3 Å². The Kier molecular flexibility index (Phi) is 4.90. The third kappa shape index (κ3) is 3.62. The van der Waals surface area contributed by atoms with Gasteiger partial charge < -0.3 is 19.5 Å². The number of likely N-dealkylation sites (tertiary alicyclic amines) is 1.